The number of pyridine rings is 1. The number of hydrogen-bond acceptors (Lipinski definition) is 3. The van der Waals surface area contributed by atoms with E-state index < -0.39 is 0 Å². The lowest BCUT2D eigenvalue weighted by atomic mass is 9.92. The molecule has 1 amide bonds. The number of likely N-dealkylation sites (tertiary alicyclic amines) is 1. The van der Waals surface area contributed by atoms with Crippen molar-refractivity contribution in [2.45, 2.75) is 26.8 Å². The van der Waals surface area contributed by atoms with Gasteiger partial charge in [-0.2, -0.15) is 0 Å². The molecular formula is C16H25N3O2. The second kappa shape index (κ2) is 7.41. The SMILES string of the molecule is C[C@@H]1C[C@@H](C)CN(CCNC(=O)Cn2ccccc2=O)C1. The first-order valence-electron chi connectivity index (χ1n) is 7.69. The van der Waals surface area contributed by atoms with Crippen molar-refractivity contribution in [3.63, 3.8) is 0 Å². The Labute approximate surface area is 126 Å². The van der Waals surface area contributed by atoms with Crippen LogP contribution in [-0.2, 0) is 11.3 Å². The van der Waals surface area contributed by atoms with Crippen molar-refractivity contribution >= 4 is 5.91 Å². The quantitative estimate of drug-likeness (QED) is 0.878. The average molecular weight is 291 g/mol. The number of carbonyl (C=O) groups excluding carboxylic acids is 1. The molecule has 0 radical (unpaired) electrons. The van der Waals surface area contributed by atoms with E-state index >= 15 is 0 Å². The summed E-state index contributed by atoms with van der Waals surface area (Å²) in [6.45, 7) is 8.39. The third-order valence-electron chi connectivity index (χ3n) is 3.91. The van der Waals surface area contributed by atoms with Crippen LogP contribution in [0.4, 0.5) is 0 Å². The topological polar surface area (TPSA) is 54.3 Å². The summed E-state index contributed by atoms with van der Waals surface area (Å²) in [7, 11) is 0. The molecule has 0 spiro atoms. The predicted molar refractivity (Wildman–Crippen MR) is 83.1 cm³/mol. The molecule has 0 bridgehead atoms. The Hall–Kier alpha value is -1.62. The number of carbonyl (C=O) groups is 1. The molecule has 1 saturated heterocycles. The predicted octanol–water partition coefficient (Wildman–Crippen LogP) is 0.942. The minimum absolute atomic E-state index is 0.0898. The average Bonchev–Trinajstić information content (AvgIpc) is 2.40. The van der Waals surface area contributed by atoms with Crippen LogP contribution < -0.4 is 10.9 Å². The maximum atomic E-state index is 11.8. The Kier molecular flexibility index (Phi) is 5.56. The maximum Gasteiger partial charge on any atom is 0.250 e. The number of amides is 1. The molecule has 0 saturated carbocycles. The molecule has 0 unspecified atom stereocenters. The van der Waals surface area contributed by atoms with Crippen molar-refractivity contribution in [3.8, 4) is 0 Å². The number of hydrogen-bond donors (Lipinski definition) is 1. The van der Waals surface area contributed by atoms with Gasteiger partial charge in [0.05, 0.1) is 0 Å². The lowest BCUT2D eigenvalue weighted by Crippen LogP contribution is -2.43. The molecule has 5 heteroatoms. The summed E-state index contributed by atoms with van der Waals surface area (Å²) in [5.41, 5.74) is -0.147. The van der Waals surface area contributed by atoms with Crippen LogP contribution in [0.3, 0.4) is 0 Å². The molecule has 2 heterocycles. The van der Waals surface area contributed by atoms with Crippen LogP contribution in [0.2, 0.25) is 0 Å². The van der Waals surface area contributed by atoms with Gasteiger partial charge in [-0.25, -0.2) is 0 Å². The van der Waals surface area contributed by atoms with Crippen molar-refractivity contribution in [1.82, 2.24) is 14.8 Å². The Bertz CT molecular complexity index is 516. The van der Waals surface area contributed by atoms with Crippen LogP contribution in [0.1, 0.15) is 20.3 Å². The van der Waals surface area contributed by atoms with E-state index in [1.807, 2.05) is 0 Å². The largest absolute Gasteiger partial charge is 0.353 e. The lowest BCUT2D eigenvalue weighted by molar-refractivity contribution is -0.121. The fourth-order valence-electron chi connectivity index (χ4n) is 3.13. The third kappa shape index (κ3) is 5.01. The van der Waals surface area contributed by atoms with Crippen LogP contribution in [0.5, 0.6) is 0 Å². The van der Waals surface area contributed by atoms with Gasteiger partial charge in [0.2, 0.25) is 5.91 Å². The van der Waals surface area contributed by atoms with Gasteiger partial charge in [-0.15, -0.1) is 0 Å². The summed E-state index contributed by atoms with van der Waals surface area (Å²) in [5, 5.41) is 2.90. The monoisotopic (exact) mass is 291 g/mol. The number of piperidine rings is 1. The number of nitrogens with one attached hydrogen (secondary N) is 1. The van der Waals surface area contributed by atoms with Crippen molar-refractivity contribution in [2.24, 2.45) is 11.8 Å². The highest BCUT2D eigenvalue weighted by atomic mass is 16.2. The summed E-state index contributed by atoms with van der Waals surface area (Å²) >= 11 is 0. The molecule has 0 aliphatic carbocycles. The molecule has 2 atom stereocenters. The lowest BCUT2D eigenvalue weighted by Gasteiger charge is -2.34. The molecular weight excluding hydrogens is 266 g/mol. The highest BCUT2D eigenvalue weighted by Crippen LogP contribution is 2.20. The minimum Gasteiger partial charge on any atom is -0.353 e. The third-order valence-corrected chi connectivity index (χ3v) is 3.91. The first-order valence-corrected chi connectivity index (χ1v) is 7.69. The molecule has 21 heavy (non-hydrogen) atoms. The molecule has 1 aromatic rings. The van der Waals surface area contributed by atoms with Gasteiger partial charge in [-0.05, 0) is 24.3 Å². The van der Waals surface area contributed by atoms with Crippen molar-refractivity contribution in [3.05, 3.63) is 34.7 Å². The van der Waals surface area contributed by atoms with E-state index in [9.17, 15) is 9.59 Å². The Morgan fingerprint density at radius 2 is 2.00 bits per heavy atom. The Morgan fingerprint density at radius 1 is 1.29 bits per heavy atom. The summed E-state index contributed by atoms with van der Waals surface area (Å²) in [5.74, 6) is 1.35. The van der Waals surface area contributed by atoms with Gasteiger partial charge in [-0.1, -0.05) is 19.9 Å². The minimum atomic E-state index is -0.147. The highest BCUT2D eigenvalue weighted by Gasteiger charge is 2.21. The van der Waals surface area contributed by atoms with E-state index in [1.165, 1.54) is 17.1 Å². The normalized spacial score (nSPS) is 23.0. The number of rotatable bonds is 5. The van der Waals surface area contributed by atoms with Crippen LogP contribution in [0, 0.1) is 11.8 Å². The summed E-state index contributed by atoms with van der Waals surface area (Å²) in [4.78, 5) is 25.8. The number of aromatic nitrogens is 1. The zero-order valence-corrected chi connectivity index (χ0v) is 12.9. The summed E-state index contributed by atoms with van der Waals surface area (Å²) in [6.07, 6.45) is 2.93. The van der Waals surface area contributed by atoms with Gasteiger partial charge in [0, 0.05) is 38.4 Å². The van der Waals surface area contributed by atoms with Gasteiger partial charge >= 0.3 is 0 Å². The van der Waals surface area contributed by atoms with Crippen molar-refractivity contribution in [1.29, 1.82) is 0 Å². The summed E-state index contributed by atoms with van der Waals surface area (Å²) < 4.78 is 1.42. The fourth-order valence-corrected chi connectivity index (χ4v) is 3.13. The second-order valence-electron chi connectivity index (χ2n) is 6.22. The van der Waals surface area contributed by atoms with E-state index in [0.29, 0.717) is 6.54 Å². The molecule has 0 aromatic carbocycles. The van der Waals surface area contributed by atoms with Gasteiger partial charge in [0.1, 0.15) is 6.54 Å². The van der Waals surface area contributed by atoms with Crippen molar-refractivity contribution in [2.75, 3.05) is 26.2 Å². The van der Waals surface area contributed by atoms with Gasteiger partial charge in [0.15, 0.2) is 0 Å². The van der Waals surface area contributed by atoms with E-state index in [2.05, 4.69) is 24.1 Å². The maximum absolute atomic E-state index is 11.8. The van der Waals surface area contributed by atoms with Crippen LogP contribution in [-0.4, -0.2) is 41.6 Å². The molecule has 1 aromatic heterocycles. The smallest absolute Gasteiger partial charge is 0.250 e. The van der Waals surface area contributed by atoms with E-state index in [0.717, 1.165) is 31.5 Å². The molecule has 1 aliphatic heterocycles. The fraction of sp³-hybridized carbons (Fsp3) is 0.625. The molecule has 1 aliphatic rings. The van der Waals surface area contributed by atoms with Crippen molar-refractivity contribution < 1.29 is 4.79 Å². The second-order valence-corrected chi connectivity index (χ2v) is 6.22. The van der Waals surface area contributed by atoms with Crippen LogP contribution in [0.15, 0.2) is 29.2 Å². The Balaban J connectivity index is 1.72. The zero-order valence-electron chi connectivity index (χ0n) is 12.9. The first kappa shape index (κ1) is 15.8. The molecule has 1 fully saturated rings. The zero-order chi connectivity index (χ0) is 15.2. The Morgan fingerprint density at radius 3 is 2.67 bits per heavy atom. The highest BCUT2D eigenvalue weighted by molar-refractivity contribution is 5.75. The van der Waals surface area contributed by atoms with E-state index in [4.69, 9.17) is 0 Å². The van der Waals surface area contributed by atoms with E-state index in [-0.39, 0.29) is 18.0 Å². The molecule has 116 valence electrons. The summed E-state index contributed by atoms with van der Waals surface area (Å²) in [6, 6.07) is 4.89. The molecule has 2 rings (SSSR count). The van der Waals surface area contributed by atoms with E-state index in [1.54, 1.807) is 18.3 Å². The van der Waals surface area contributed by atoms with Gasteiger partial charge in [-0.3, -0.25) is 9.59 Å². The van der Waals surface area contributed by atoms with Gasteiger partial charge < -0.3 is 14.8 Å². The molecule has 1 N–H and O–H groups in total. The standard InChI is InChI=1S/C16H25N3O2/c1-13-9-14(2)11-18(10-13)8-6-17-15(20)12-19-7-4-3-5-16(19)21/h3-5,7,13-14H,6,8-12H2,1-2H3,(H,17,20)/t13-,14-/m1/s1. The molecule has 5 nitrogen and oxygen atoms in total. The number of nitrogens with zero attached hydrogens (tertiary/aromatic N) is 2. The van der Waals surface area contributed by atoms with Crippen LogP contribution >= 0.6 is 0 Å². The first-order chi connectivity index (χ1) is 10.0. The van der Waals surface area contributed by atoms with Gasteiger partial charge in [0.25, 0.3) is 5.56 Å². The van der Waals surface area contributed by atoms with Crippen LogP contribution in [0.25, 0.3) is 0 Å².